The second-order valence-electron chi connectivity index (χ2n) is 7.25. The summed E-state index contributed by atoms with van der Waals surface area (Å²) in [5.74, 6) is 0. The van der Waals surface area contributed by atoms with E-state index in [1.807, 2.05) is 36.5 Å². The van der Waals surface area contributed by atoms with Gasteiger partial charge in [0.2, 0.25) is 0 Å². The summed E-state index contributed by atoms with van der Waals surface area (Å²) < 4.78 is 4.30. The smallest absolute Gasteiger partial charge is 0.174 e. The zero-order valence-electron chi connectivity index (χ0n) is 16.3. The van der Waals surface area contributed by atoms with Gasteiger partial charge in [-0.2, -0.15) is 0 Å². The minimum atomic E-state index is -0.0820. The molecule has 1 fully saturated rings. The van der Waals surface area contributed by atoms with E-state index in [2.05, 4.69) is 106 Å². The van der Waals surface area contributed by atoms with Gasteiger partial charge in [-0.25, -0.2) is 0 Å². The number of rotatable bonds is 4. The molecule has 0 aliphatic carbocycles. The van der Waals surface area contributed by atoms with Gasteiger partial charge in [-0.1, -0.05) is 37.9 Å². The van der Waals surface area contributed by atoms with Crippen molar-refractivity contribution in [1.82, 2.24) is 14.9 Å². The van der Waals surface area contributed by atoms with Crippen molar-refractivity contribution >= 4 is 54.9 Å². The molecule has 0 bridgehead atoms. The number of pyridine rings is 1. The fourth-order valence-electron chi connectivity index (χ4n) is 4.01. The lowest BCUT2D eigenvalue weighted by Gasteiger charge is -2.29. The summed E-state index contributed by atoms with van der Waals surface area (Å²) in [4.78, 5) is 6.83. The SMILES string of the molecule is S=C1N[C@@H](c2ccccn2)[C@H](c2cccn2-c2ccc(Br)cc2)N1c1ccc(Br)cc1. The Morgan fingerprint density at radius 3 is 2.13 bits per heavy atom. The zero-order valence-corrected chi connectivity index (χ0v) is 20.3. The van der Waals surface area contributed by atoms with Crippen molar-refractivity contribution in [3.8, 4) is 5.69 Å². The molecule has 154 valence electrons. The maximum absolute atomic E-state index is 5.82. The van der Waals surface area contributed by atoms with Gasteiger partial charge < -0.3 is 14.8 Å². The number of nitrogens with zero attached hydrogens (tertiary/aromatic N) is 3. The van der Waals surface area contributed by atoms with E-state index in [-0.39, 0.29) is 12.1 Å². The first-order valence-electron chi connectivity index (χ1n) is 9.81. The quantitative estimate of drug-likeness (QED) is 0.290. The predicted octanol–water partition coefficient (Wildman–Crippen LogP) is 6.57. The number of hydrogen-bond acceptors (Lipinski definition) is 2. The summed E-state index contributed by atoms with van der Waals surface area (Å²) in [5, 5.41) is 4.21. The van der Waals surface area contributed by atoms with Crippen molar-refractivity contribution < 1.29 is 0 Å². The van der Waals surface area contributed by atoms with Gasteiger partial charge in [0.1, 0.15) is 6.04 Å². The van der Waals surface area contributed by atoms with Crippen molar-refractivity contribution in [2.24, 2.45) is 0 Å². The maximum Gasteiger partial charge on any atom is 0.174 e. The number of aromatic nitrogens is 2. The third-order valence-corrected chi connectivity index (χ3v) is 6.76. The molecule has 0 radical (unpaired) electrons. The van der Waals surface area contributed by atoms with Gasteiger partial charge in [-0.05, 0) is 85.0 Å². The summed E-state index contributed by atoms with van der Waals surface area (Å²) in [6.07, 6.45) is 3.92. The zero-order chi connectivity index (χ0) is 21.4. The Morgan fingerprint density at radius 2 is 1.48 bits per heavy atom. The van der Waals surface area contributed by atoms with Crippen LogP contribution in [-0.4, -0.2) is 14.7 Å². The van der Waals surface area contributed by atoms with Crippen molar-refractivity contribution in [2.45, 2.75) is 12.1 Å². The molecule has 0 saturated carbocycles. The Hall–Kier alpha value is -2.48. The van der Waals surface area contributed by atoms with E-state index < -0.39 is 0 Å². The first-order valence-corrected chi connectivity index (χ1v) is 11.8. The second kappa shape index (κ2) is 8.57. The van der Waals surface area contributed by atoms with E-state index in [0.717, 1.165) is 31.7 Å². The van der Waals surface area contributed by atoms with Gasteiger partial charge in [0.15, 0.2) is 5.11 Å². The Morgan fingerprint density at radius 1 is 0.806 bits per heavy atom. The van der Waals surface area contributed by atoms with Gasteiger partial charge >= 0.3 is 0 Å². The summed E-state index contributed by atoms with van der Waals surface area (Å²) in [7, 11) is 0. The molecular formula is C24H18Br2N4S. The molecule has 2 aromatic carbocycles. The number of benzene rings is 2. The average Bonchev–Trinajstić information content (AvgIpc) is 3.40. The van der Waals surface area contributed by atoms with E-state index in [4.69, 9.17) is 12.2 Å². The molecular weight excluding hydrogens is 536 g/mol. The Balaban J connectivity index is 1.66. The molecule has 1 aliphatic rings. The van der Waals surface area contributed by atoms with E-state index in [0.29, 0.717) is 5.11 Å². The fourth-order valence-corrected chi connectivity index (χ4v) is 4.88. The molecule has 3 heterocycles. The van der Waals surface area contributed by atoms with Crippen LogP contribution in [-0.2, 0) is 0 Å². The van der Waals surface area contributed by atoms with Crippen molar-refractivity contribution in [3.63, 3.8) is 0 Å². The Kier molecular flexibility index (Phi) is 5.65. The highest BCUT2D eigenvalue weighted by molar-refractivity contribution is 9.10. The predicted molar refractivity (Wildman–Crippen MR) is 136 cm³/mol. The summed E-state index contributed by atoms with van der Waals surface area (Å²) in [6, 6.07) is 26.6. The number of thiocarbonyl (C=S) groups is 1. The monoisotopic (exact) mass is 552 g/mol. The molecule has 2 atom stereocenters. The number of anilines is 1. The summed E-state index contributed by atoms with van der Waals surface area (Å²) >= 11 is 12.9. The van der Waals surface area contributed by atoms with Crippen LogP contribution in [0.5, 0.6) is 0 Å². The standard InChI is InChI=1S/C24H18Br2N4S/c25-16-6-10-18(11-7-16)29-15-3-5-21(29)23-22(20-4-1-2-14-27-20)28-24(31)30(23)19-12-8-17(26)9-13-19/h1-15,22-23H,(H,28,31)/t22-,23-/m0/s1. The van der Waals surface area contributed by atoms with E-state index in [9.17, 15) is 0 Å². The van der Waals surface area contributed by atoms with Crippen LogP contribution in [0.4, 0.5) is 5.69 Å². The van der Waals surface area contributed by atoms with E-state index >= 15 is 0 Å². The lowest BCUT2D eigenvalue weighted by Crippen LogP contribution is -2.30. The molecule has 1 saturated heterocycles. The van der Waals surface area contributed by atoms with Gasteiger partial charge in [-0.15, -0.1) is 0 Å². The molecule has 0 unspecified atom stereocenters. The van der Waals surface area contributed by atoms with Crippen LogP contribution in [0.1, 0.15) is 23.5 Å². The largest absolute Gasteiger partial charge is 0.351 e. The number of halogens is 2. The van der Waals surface area contributed by atoms with Crippen LogP contribution >= 0.6 is 44.1 Å². The summed E-state index contributed by atoms with van der Waals surface area (Å²) in [6.45, 7) is 0. The molecule has 1 N–H and O–H groups in total. The Labute approximate surface area is 203 Å². The van der Waals surface area contributed by atoms with Crippen LogP contribution in [0, 0.1) is 0 Å². The third kappa shape index (κ3) is 3.93. The average molecular weight is 554 g/mol. The topological polar surface area (TPSA) is 33.1 Å². The van der Waals surface area contributed by atoms with Gasteiger partial charge in [-0.3, -0.25) is 4.98 Å². The van der Waals surface area contributed by atoms with Crippen LogP contribution in [0.25, 0.3) is 5.69 Å². The molecule has 2 aromatic heterocycles. The lowest BCUT2D eigenvalue weighted by molar-refractivity contribution is 0.549. The van der Waals surface area contributed by atoms with Crippen LogP contribution in [0.3, 0.4) is 0 Å². The summed E-state index contributed by atoms with van der Waals surface area (Å²) in [5.41, 5.74) is 4.22. The molecule has 0 spiro atoms. The van der Waals surface area contributed by atoms with Crippen molar-refractivity contribution in [2.75, 3.05) is 4.90 Å². The maximum atomic E-state index is 5.82. The molecule has 0 amide bonds. The molecule has 1 aliphatic heterocycles. The second-order valence-corrected chi connectivity index (χ2v) is 9.47. The highest BCUT2D eigenvalue weighted by Crippen LogP contribution is 2.42. The van der Waals surface area contributed by atoms with Crippen LogP contribution in [0.15, 0.2) is 100 Å². The van der Waals surface area contributed by atoms with Gasteiger partial charge in [0.05, 0.1) is 11.7 Å². The lowest BCUT2D eigenvalue weighted by atomic mass is 10.0. The first-order chi connectivity index (χ1) is 15.1. The normalized spacial score (nSPS) is 18.3. The number of nitrogens with one attached hydrogen (secondary N) is 1. The minimum Gasteiger partial charge on any atom is -0.351 e. The first kappa shape index (κ1) is 20.4. The van der Waals surface area contributed by atoms with E-state index in [1.54, 1.807) is 0 Å². The van der Waals surface area contributed by atoms with Gasteiger partial charge in [0.25, 0.3) is 0 Å². The Bertz CT molecular complexity index is 1210. The molecule has 4 aromatic rings. The molecule has 31 heavy (non-hydrogen) atoms. The van der Waals surface area contributed by atoms with Crippen LogP contribution < -0.4 is 10.2 Å². The minimum absolute atomic E-state index is 0.0674. The number of hydrogen-bond donors (Lipinski definition) is 1. The highest BCUT2D eigenvalue weighted by Gasteiger charge is 2.42. The molecule has 5 rings (SSSR count). The molecule has 7 heteroatoms. The van der Waals surface area contributed by atoms with Crippen molar-refractivity contribution in [1.29, 1.82) is 0 Å². The van der Waals surface area contributed by atoms with Crippen molar-refractivity contribution in [3.05, 3.63) is 112 Å². The highest BCUT2D eigenvalue weighted by atomic mass is 79.9. The third-order valence-electron chi connectivity index (χ3n) is 5.39. The van der Waals surface area contributed by atoms with Gasteiger partial charge in [0, 0.05) is 38.4 Å². The van der Waals surface area contributed by atoms with Crippen LogP contribution in [0.2, 0.25) is 0 Å². The molecule has 4 nitrogen and oxygen atoms in total. The fraction of sp³-hybridized carbons (Fsp3) is 0.0833. The van der Waals surface area contributed by atoms with E-state index in [1.165, 1.54) is 0 Å².